The summed E-state index contributed by atoms with van der Waals surface area (Å²) in [5.41, 5.74) is 1.49. The summed E-state index contributed by atoms with van der Waals surface area (Å²) < 4.78 is 10.6. The standard InChI is InChI=1S/C19H20ClN3O5/c20-15-3-6-18(17(11-15)23(25)26)28-13-19(24)21-16-4-1-14(2-5-16)12-22-7-9-27-10-8-22/h1-6,11H,7-10,12-13H2,(H,21,24). The quantitative estimate of drug-likeness (QED) is 0.562. The topological polar surface area (TPSA) is 93.9 Å². The second kappa shape index (κ2) is 9.50. The number of hydrogen-bond donors (Lipinski definition) is 1. The lowest BCUT2D eigenvalue weighted by Crippen LogP contribution is -2.35. The molecule has 1 amide bonds. The van der Waals surface area contributed by atoms with Crippen molar-refractivity contribution in [1.82, 2.24) is 4.90 Å². The van der Waals surface area contributed by atoms with Crippen LogP contribution < -0.4 is 10.1 Å². The summed E-state index contributed by atoms with van der Waals surface area (Å²) in [6.07, 6.45) is 0. The first-order chi connectivity index (χ1) is 13.5. The third kappa shape index (κ3) is 5.66. The van der Waals surface area contributed by atoms with E-state index >= 15 is 0 Å². The molecule has 1 aliphatic rings. The van der Waals surface area contributed by atoms with Crippen LogP contribution in [0.25, 0.3) is 0 Å². The van der Waals surface area contributed by atoms with Gasteiger partial charge in [-0.15, -0.1) is 0 Å². The van der Waals surface area contributed by atoms with Gasteiger partial charge in [-0.1, -0.05) is 23.7 Å². The highest BCUT2D eigenvalue weighted by molar-refractivity contribution is 6.30. The first-order valence-electron chi connectivity index (χ1n) is 8.77. The zero-order chi connectivity index (χ0) is 19.9. The molecular formula is C19H20ClN3O5. The van der Waals surface area contributed by atoms with Crippen LogP contribution in [0.2, 0.25) is 5.02 Å². The molecule has 0 radical (unpaired) electrons. The maximum Gasteiger partial charge on any atom is 0.312 e. The van der Waals surface area contributed by atoms with Crippen molar-refractivity contribution in [2.75, 3.05) is 38.2 Å². The van der Waals surface area contributed by atoms with Crippen LogP contribution in [0.1, 0.15) is 5.56 Å². The highest BCUT2D eigenvalue weighted by atomic mass is 35.5. The summed E-state index contributed by atoms with van der Waals surface area (Å²) in [6, 6.07) is 11.6. The minimum Gasteiger partial charge on any atom is -0.477 e. The number of anilines is 1. The third-order valence-electron chi connectivity index (χ3n) is 4.22. The van der Waals surface area contributed by atoms with Crippen molar-refractivity contribution in [3.05, 3.63) is 63.2 Å². The molecule has 2 aromatic rings. The van der Waals surface area contributed by atoms with Crippen LogP contribution in [0.15, 0.2) is 42.5 Å². The molecule has 1 fully saturated rings. The van der Waals surface area contributed by atoms with Crippen molar-refractivity contribution in [1.29, 1.82) is 0 Å². The van der Waals surface area contributed by atoms with Gasteiger partial charge in [0.2, 0.25) is 0 Å². The molecule has 0 spiro atoms. The van der Waals surface area contributed by atoms with Crippen molar-refractivity contribution >= 4 is 28.9 Å². The summed E-state index contributed by atoms with van der Waals surface area (Å²) in [5.74, 6) is -0.421. The average Bonchev–Trinajstić information content (AvgIpc) is 2.69. The fraction of sp³-hybridized carbons (Fsp3) is 0.316. The Kier molecular flexibility index (Phi) is 6.80. The SMILES string of the molecule is O=C(COc1ccc(Cl)cc1[N+](=O)[O-])Nc1ccc(CN2CCOCC2)cc1. The highest BCUT2D eigenvalue weighted by Crippen LogP contribution is 2.29. The predicted octanol–water partition coefficient (Wildman–Crippen LogP) is 3.10. The maximum atomic E-state index is 12.1. The van der Waals surface area contributed by atoms with Gasteiger partial charge in [-0.05, 0) is 29.8 Å². The molecule has 0 bridgehead atoms. The average molecular weight is 406 g/mol. The van der Waals surface area contributed by atoms with E-state index in [0.717, 1.165) is 38.4 Å². The van der Waals surface area contributed by atoms with Crippen LogP contribution in [0.5, 0.6) is 5.75 Å². The molecule has 0 aliphatic carbocycles. The minimum atomic E-state index is -0.605. The first-order valence-corrected chi connectivity index (χ1v) is 9.15. The molecule has 148 valence electrons. The summed E-state index contributed by atoms with van der Waals surface area (Å²) >= 11 is 5.76. The number of nitro benzene ring substituents is 1. The number of ether oxygens (including phenoxy) is 2. The number of morpholine rings is 1. The Morgan fingerprint density at radius 1 is 1.21 bits per heavy atom. The van der Waals surface area contributed by atoms with Crippen LogP contribution in [0.3, 0.4) is 0 Å². The fourth-order valence-electron chi connectivity index (χ4n) is 2.81. The number of nitrogens with one attached hydrogen (secondary N) is 1. The van der Waals surface area contributed by atoms with Crippen LogP contribution in [0, 0.1) is 10.1 Å². The lowest BCUT2D eigenvalue weighted by Gasteiger charge is -2.26. The number of rotatable bonds is 7. The summed E-state index contributed by atoms with van der Waals surface area (Å²) in [7, 11) is 0. The van der Waals surface area contributed by atoms with Gasteiger partial charge in [0.25, 0.3) is 5.91 Å². The lowest BCUT2D eigenvalue weighted by atomic mass is 10.2. The molecule has 1 N–H and O–H groups in total. The Balaban J connectivity index is 1.51. The van der Waals surface area contributed by atoms with E-state index in [1.807, 2.05) is 24.3 Å². The molecule has 8 nitrogen and oxygen atoms in total. The van der Waals surface area contributed by atoms with Gasteiger partial charge in [0, 0.05) is 36.4 Å². The molecular weight excluding hydrogens is 386 g/mol. The molecule has 3 rings (SSSR count). The zero-order valence-corrected chi connectivity index (χ0v) is 15.9. The Hall–Kier alpha value is -2.68. The van der Waals surface area contributed by atoms with Gasteiger partial charge in [-0.25, -0.2) is 0 Å². The normalized spacial score (nSPS) is 14.5. The molecule has 0 aromatic heterocycles. The number of nitrogens with zero attached hydrogens (tertiary/aromatic N) is 2. The van der Waals surface area contributed by atoms with Gasteiger partial charge in [-0.2, -0.15) is 0 Å². The summed E-state index contributed by atoms with van der Waals surface area (Å²) in [6.45, 7) is 3.80. The number of carbonyl (C=O) groups excluding carboxylic acids is 1. The van der Waals surface area contributed by atoms with Gasteiger partial charge in [-0.3, -0.25) is 19.8 Å². The Labute approximate surface area is 167 Å². The van der Waals surface area contributed by atoms with Crippen LogP contribution in [0.4, 0.5) is 11.4 Å². The first kappa shape index (κ1) is 20.1. The molecule has 9 heteroatoms. The fourth-order valence-corrected chi connectivity index (χ4v) is 2.97. The van der Waals surface area contributed by atoms with Crippen molar-refractivity contribution in [2.24, 2.45) is 0 Å². The van der Waals surface area contributed by atoms with Crippen molar-refractivity contribution in [3.8, 4) is 5.75 Å². The molecule has 2 aromatic carbocycles. The third-order valence-corrected chi connectivity index (χ3v) is 4.46. The van der Waals surface area contributed by atoms with E-state index in [1.54, 1.807) is 0 Å². The molecule has 1 aliphatic heterocycles. The van der Waals surface area contributed by atoms with Crippen molar-refractivity contribution in [2.45, 2.75) is 6.54 Å². The highest BCUT2D eigenvalue weighted by Gasteiger charge is 2.17. The van der Waals surface area contributed by atoms with Crippen LogP contribution in [-0.4, -0.2) is 48.6 Å². The van der Waals surface area contributed by atoms with Crippen LogP contribution >= 0.6 is 11.6 Å². The van der Waals surface area contributed by atoms with Crippen LogP contribution in [-0.2, 0) is 16.1 Å². The van der Waals surface area contributed by atoms with Gasteiger partial charge in [0.05, 0.1) is 18.1 Å². The van der Waals surface area contributed by atoms with Crippen molar-refractivity contribution in [3.63, 3.8) is 0 Å². The number of carbonyl (C=O) groups is 1. The van der Waals surface area contributed by atoms with E-state index in [2.05, 4.69) is 10.2 Å². The second-order valence-corrected chi connectivity index (χ2v) is 6.73. The minimum absolute atomic E-state index is 0.00888. The maximum absolute atomic E-state index is 12.1. The van der Waals surface area contributed by atoms with Crippen molar-refractivity contribution < 1.29 is 19.2 Å². The Morgan fingerprint density at radius 3 is 2.61 bits per heavy atom. The van der Waals surface area contributed by atoms with Gasteiger partial charge in [0.15, 0.2) is 12.4 Å². The summed E-state index contributed by atoms with van der Waals surface area (Å²) in [4.78, 5) is 24.8. The number of hydrogen-bond acceptors (Lipinski definition) is 6. The van der Waals surface area contributed by atoms with Gasteiger partial charge in [0.1, 0.15) is 0 Å². The van der Waals surface area contributed by atoms with E-state index in [0.29, 0.717) is 5.69 Å². The molecule has 0 unspecified atom stereocenters. The number of halogens is 1. The van der Waals surface area contributed by atoms with E-state index in [-0.39, 0.29) is 23.1 Å². The van der Waals surface area contributed by atoms with E-state index in [1.165, 1.54) is 18.2 Å². The largest absolute Gasteiger partial charge is 0.477 e. The molecule has 1 heterocycles. The molecule has 0 saturated carbocycles. The monoisotopic (exact) mass is 405 g/mol. The van der Waals surface area contributed by atoms with E-state index < -0.39 is 10.8 Å². The molecule has 28 heavy (non-hydrogen) atoms. The molecule has 0 atom stereocenters. The van der Waals surface area contributed by atoms with Gasteiger partial charge < -0.3 is 14.8 Å². The Morgan fingerprint density at radius 2 is 1.93 bits per heavy atom. The summed E-state index contributed by atoms with van der Waals surface area (Å²) in [5, 5.41) is 14.0. The predicted molar refractivity (Wildman–Crippen MR) is 105 cm³/mol. The van der Waals surface area contributed by atoms with Gasteiger partial charge >= 0.3 is 5.69 Å². The Bertz CT molecular complexity index is 838. The second-order valence-electron chi connectivity index (χ2n) is 6.29. The smallest absolute Gasteiger partial charge is 0.312 e. The number of amides is 1. The zero-order valence-electron chi connectivity index (χ0n) is 15.1. The number of nitro groups is 1. The van der Waals surface area contributed by atoms with E-state index in [9.17, 15) is 14.9 Å². The lowest BCUT2D eigenvalue weighted by molar-refractivity contribution is -0.385. The number of benzene rings is 2. The molecule has 1 saturated heterocycles. The van der Waals surface area contributed by atoms with E-state index in [4.69, 9.17) is 21.1 Å².